The highest BCUT2D eigenvalue weighted by Crippen LogP contribution is 2.13. The van der Waals surface area contributed by atoms with Gasteiger partial charge in [-0.15, -0.1) is 0 Å². The first kappa shape index (κ1) is 16.0. The number of unbranched alkanes of at least 4 members (excludes halogenated alkanes) is 1. The molecule has 5 nitrogen and oxygen atoms in total. The quantitative estimate of drug-likeness (QED) is 0.374. The first-order valence-electron chi connectivity index (χ1n) is 6.73. The number of carbonyl (C=O) groups is 2. The molecule has 0 radical (unpaired) electrons. The molecule has 110 valence electrons. The van der Waals surface area contributed by atoms with E-state index >= 15 is 0 Å². The van der Waals surface area contributed by atoms with Gasteiger partial charge < -0.3 is 14.2 Å². The number of ether oxygens (including phenoxy) is 3. The van der Waals surface area contributed by atoms with Crippen LogP contribution in [0.3, 0.4) is 0 Å². The predicted molar refractivity (Wildman–Crippen MR) is 73.8 cm³/mol. The lowest BCUT2D eigenvalue weighted by atomic mass is 10.2. The zero-order chi connectivity index (χ0) is 14.6. The average molecular weight is 280 g/mol. The Kier molecular flexibility index (Phi) is 7.87. The smallest absolute Gasteiger partial charge is 0.338 e. The number of hydrogen-bond acceptors (Lipinski definition) is 5. The number of hydrogen-bond donors (Lipinski definition) is 0. The molecule has 0 aliphatic rings. The molecular weight excluding hydrogens is 260 g/mol. The van der Waals surface area contributed by atoms with E-state index in [9.17, 15) is 9.59 Å². The van der Waals surface area contributed by atoms with Crippen LogP contribution in [-0.2, 0) is 14.3 Å². The van der Waals surface area contributed by atoms with Crippen LogP contribution in [0.1, 0.15) is 36.5 Å². The second-order valence-electron chi connectivity index (χ2n) is 4.18. The Bertz CT molecular complexity index is 399. The summed E-state index contributed by atoms with van der Waals surface area (Å²) in [5.74, 6) is 0.352. The topological polar surface area (TPSA) is 61.8 Å². The van der Waals surface area contributed by atoms with Gasteiger partial charge in [-0.1, -0.05) is 13.3 Å². The molecule has 0 atom stereocenters. The standard InChI is InChI=1S/C15H20O5/c1-2-3-10-19-14-7-5-13(6-8-14)15(17)20-11-4-9-18-12-16/h5-8,12H,2-4,9-11H2,1H3. The number of benzene rings is 1. The van der Waals surface area contributed by atoms with E-state index in [0.717, 1.165) is 18.6 Å². The van der Waals surface area contributed by atoms with Crippen LogP contribution in [0, 0.1) is 0 Å². The minimum absolute atomic E-state index is 0.224. The first-order valence-corrected chi connectivity index (χ1v) is 6.73. The minimum Gasteiger partial charge on any atom is -0.494 e. The maximum Gasteiger partial charge on any atom is 0.338 e. The van der Waals surface area contributed by atoms with E-state index in [4.69, 9.17) is 9.47 Å². The molecule has 0 bridgehead atoms. The second-order valence-corrected chi connectivity index (χ2v) is 4.18. The fourth-order valence-corrected chi connectivity index (χ4v) is 1.46. The third kappa shape index (κ3) is 6.22. The highest BCUT2D eigenvalue weighted by atomic mass is 16.5. The minimum atomic E-state index is -0.392. The zero-order valence-corrected chi connectivity index (χ0v) is 11.7. The van der Waals surface area contributed by atoms with E-state index < -0.39 is 5.97 Å². The molecule has 20 heavy (non-hydrogen) atoms. The molecule has 1 rings (SSSR count). The average Bonchev–Trinajstić information content (AvgIpc) is 2.48. The van der Waals surface area contributed by atoms with Gasteiger partial charge in [-0.05, 0) is 30.7 Å². The first-order chi connectivity index (χ1) is 9.77. The summed E-state index contributed by atoms with van der Waals surface area (Å²) in [6.45, 7) is 3.63. The fraction of sp³-hybridized carbons (Fsp3) is 0.467. The van der Waals surface area contributed by atoms with E-state index in [0.29, 0.717) is 25.1 Å². The second kappa shape index (κ2) is 9.83. The summed E-state index contributed by atoms with van der Waals surface area (Å²) in [5.41, 5.74) is 0.476. The van der Waals surface area contributed by atoms with E-state index in [-0.39, 0.29) is 13.2 Å². The van der Waals surface area contributed by atoms with Crippen LogP contribution < -0.4 is 4.74 Å². The summed E-state index contributed by atoms with van der Waals surface area (Å²) in [5, 5.41) is 0. The lowest BCUT2D eigenvalue weighted by Crippen LogP contribution is -2.08. The maximum atomic E-state index is 11.7. The van der Waals surface area contributed by atoms with Gasteiger partial charge in [0.05, 0.1) is 25.4 Å². The van der Waals surface area contributed by atoms with Crippen LogP contribution in [0.15, 0.2) is 24.3 Å². The molecule has 0 aromatic heterocycles. The van der Waals surface area contributed by atoms with Crippen molar-refractivity contribution in [2.45, 2.75) is 26.2 Å². The number of carbonyl (C=O) groups excluding carboxylic acids is 2. The van der Waals surface area contributed by atoms with Gasteiger partial charge in [0, 0.05) is 6.42 Å². The molecule has 0 aliphatic carbocycles. The van der Waals surface area contributed by atoms with Crippen LogP contribution in [0.5, 0.6) is 5.75 Å². The highest BCUT2D eigenvalue weighted by molar-refractivity contribution is 5.89. The number of esters is 1. The largest absolute Gasteiger partial charge is 0.494 e. The third-order valence-corrected chi connectivity index (χ3v) is 2.56. The van der Waals surface area contributed by atoms with Crippen molar-refractivity contribution in [2.75, 3.05) is 19.8 Å². The van der Waals surface area contributed by atoms with Gasteiger partial charge in [0.15, 0.2) is 0 Å². The van der Waals surface area contributed by atoms with Crippen molar-refractivity contribution in [3.05, 3.63) is 29.8 Å². The molecule has 0 spiro atoms. The van der Waals surface area contributed by atoms with Crippen molar-refractivity contribution in [1.82, 2.24) is 0 Å². The Labute approximate surface area is 118 Å². The van der Waals surface area contributed by atoms with Crippen molar-refractivity contribution in [1.29, 1.82) is 0 Å². The van der Waals surface area contributed by atoms with Crippen LogP contribution in [-0.4, -0.2) is 32.3 Å². The molecular formula is C15H20O5. The monoisotopic (exact) mass is 280 g/mol. The molecule has 1 aromatic carbocycles. The van der Waals surface area contributed by atoms with Gasteiger partial charge in [0.2, 0.25) is 0 Å². The molecule has 1 aromatic rings. The molecule has 0 fully saturated rings. The SMILES string of the molecule is CCCCOc1ccc(C(=O)OCCCOC=O)cc1. The van der Waals surface area contributed by atoms with Gasteiger partial charge >= 0.3 is 5.97 Å². The molecule has 0 saturated carbocycles. The lowest BCUT2D eigenvalue weighted by Gasteiger charge is -2.07. The summed E-state index contributed by atoms with van der Waals surface area (Å²) in [4.78, 5) is 21.6. The van der Waals surface area contributed by atoms with Gasteiger partial charge in [0.1, 0.15) is 5.75 Å². The summed E-state index contributed by atoms with van der Waals surface area (Å²) in [6, 6.07) is 6.85. The Morgan fingerprint density at radius 3 is 2.50 bits per heavy atom. The predicted octanol–water partition coefficient (Wildman–Crippen LogP) is 2.59. The van der Waals surface area contributed by atoms with Crippen molar-refractivity contribution < 1.29 is 23.8 Å². The van der Waals surface area contributed by atoms with Crippen molar-refractivity contribution >= 4 is 12.4 Å². The van der Waals surface area contributed by atoms with Crippen molar-refractivity contribution in [3.63, 3.8) is 0 Å². The Balaban J connectivity index is 2.31. The van der Waals surface area contributed by atoms with E-state index in [2.05, 4.69) is 11.7 Å². The van der Waals surface area contributed by atoms with Gasteiger partial charge in [-0.2, -0.15) is 0 Å². The van der Waals surface area contributed by atoms with Gasteiger partial charge in [0.25, 0.3) is 6.47 Å². The molecule has 0 unspecified atom stereocenters. The Morgan fingerprint density at radius 2 is 1.85 bits per heavy atom. The normalized spacial score (nSPS) is 9.85. The highest BCUT2D eigenvalue weighted by Gasteiger charge is 2.06. The van der Waals surface area contributed by atoms with Crippen LogP contribution in [0.4, 0.5) is 0 Å². The third-order valence-electron chi connectivity index (χ3n) is 2.56. The van der Waals surface area contributed by atoms with Gasteiger partial charge in [-0.3, -0.25) is 4.79 Å². The number of rotatable bonds is 10. The van der Waals surface area contributed by atoms with Crippen molar-refractivity contribution in [2.24, 2.45) is 0 Å². The molecule has 0 heterocycles. The van der Waals surface area contributed by atoms with E-state index in [1.807, 2.05) is 0 Å². The summed E-state index contributed by atoms with van der Waals surface area (Å²) < 4.78 is 15.0. The van der Waals surface area contributed by atoms with Crippen LogP contribution >= 0.6 is 0 Å². The molecule has 0 amide bonds. The zero-order valence-electron chi connectivity index (χ0n) is 11.7. The van der Waals surface area contributed by atoms with Gasteiger partial charge in [-0.25, -0.2) is 4.79 Å². The van der Waals surface area contributed by atoms with E-state index in [1.165, 1.54) is 0 Å². The fourth-order valence-electron chi connectivity index (χ4n) is 1.46. The summed E-state index contributed by atoms with van der Waals surface area (Å²) in [6.07, 6.45) is 2.58. The summed E-state index contributed by atoms with van der Waals surface area (Å²) >= 11 is 0. The molecule has 0 N–H and O–H groups in total. The molecule has 0 aliphatic heterocycles. The van der Waals surface area contributed by atoms with Crippen molar-refractivity contribution in [3.8, 4) is 5.75 Å². The lowest BCUT2D eigenvalue weighted by molar-refractivity contribution is -0.128. The van der Waals surface area contributed by atoms with E-state index in [1.54, 1.807) is 24.3 Å². The summed E-state index contributed by atoms with van der Waals surface area (Å²) in [7, 11) is 0. The maximum absolute atomic E-state index is 11.7. The molecule has 0 saturated heterocycles. The Hall–Kier alpha value is -2.04. The van der Waals surface area contributed by atoms with Crippen LogP contribution in [0.2, 0.25) is 0 Å². The van der Waals surface area contributed by atoms with Crippen LogP contribution in [0.25, 0.3) is 0 Å². The Morgan fingerprint density at radius 1 is 1.10 bits per heavy atom. The molecule has 5 heteroatoms.